The molecule has 0 bridgehead atoms. The van der Waals surface area contributed by atoms with E-state index in [2.05, 4.69) is 5.32 Å². The molecular weight excluding hydrogens is 344 g/mol. The fourth-order valence-electron chi connectivity index (χ4n) is 2.68. The van der Waals surface area contributed by atoms with Gasteiger partial charge in [-0.05, 0) is 43.3 Å². The maximum atomic E-state index is 13.2. The third kappa shape index (κ3) is 4.24. The van der Waals surface area contributed by atoms with Gasteiger partial charge in [0.15, 0.2) is 0 Å². The molecule has 134 valence electrons. The van der Waals surface area contributed by atoms with Crippen molar-refractivity contribution in [2.24, 2.45) is 0 Å². The van der Waals surface area contributed by atoms with E-state index in [0.717, 1.165) is 11.3 Å². The van der Waals surface area contributed by atoms with Crippen LogP contribution in [0.1, 0.15) is 5.56 Å². The summed E-state index contributed by atoms with van der Waals surface area (Å²) in [7, 11) is -3.63. The second-order valence-electron chi connectivity index (χ2n) is 6.02. The summed E-state index contributed by atoms with van der Waals surface area (Å²) in [4.78, 5) is 0.298. The third-order valence-electron chi connectivity index (χ3n) is 4.07. The van der Waals surface area contributed by atoms with Gasteiger partial charge in [0.2, 0.25) is 0 Å². The molecule has 5 heteroatoms. The van der Waals surface area contributed by atoms with Crippen molar-refractivity contribution < 1.29 is 8.42 Å². The maximum Gasteiger partial charge on any atom is 0.264 e. The van der Waals surface area contributed by atoms with Crippen LogP contribution in [-0.4, -0.2) is 21.5 Å². The minimum atomic E-state index is -3.63. The molecule has 0 aromatic heterocycles. The lowest BCUT2D eigenvalue weighted by atomic mass is 10.2. The first kappa shape index (κ1) is 18.0. The standard InChI is InChI=1S/C21H22N2O2S/c1-18-12-14-21(15-13-18)26(24,25)23(20-10-6-3-7-11-20)17-16-22-19-8-4-2-5-9-19/h2-15,22H,16-17H2,1H3. The number of sulfonamides is 1. The number of nitrogens with one attached hydrogen (secondary N) is 1. The van der Waals surface area contributed by atoms with Crippen molar-refractivity contribution >= 4 is 21.4 Å². The molecule has 3 aromatic carbocycles. The van der Waals surface area contributed by atoms with Gasteiger partial charge in [-0.2, -0.15) is 0 Å². The highest BCUT2D eigenvalue weighted by atomic mass is 32.2. The molecule has 4 nitrogen and oxygen atoms in total. The lowest BCUT2D eigenvalue weighted by Gasteiger charge is -2.25. The van der Waals surface area contributed by atoms with Crippen molar-refractivity contribution in [3.8, 4) is 0 Å². The molecule has 1 N–H and O–H groups in total. The molecule has 3 aromatic rings. The zero-order valence-corrected chi connectivity index (χ0v) is 15.5. The highest BCUT2D eigenvalue weighted by molar-refractivity contribution is 7.92. The van der Waals surface area contributed by atoms with E-state index in [1.807, 2.05) is 79.7 Å². The smallest absolute Gasteiger partial charge is 0.264 e. The van der Waals surface area contributed by atoms with Crippen molar-refractivity contribution in [2.75, 3.05) is 22.7 Å². The minimum absolute atomic E-state index is 0.298. The molecule has 3 rings (SSSR count). The van der Waals surface area contributed by atoms with Crippen LogP contribution in [-0.2, 0) is 10.0 Å². The van der Waals surface area contributed by atoms with Crippen molar-refractivity contribution in [2.45, 2.75) is 11.8 Å². The third-order valence-corrected chi connectivity index (χ3v) is 5.91. The first-order valence-corrected chi connectivity index (χ1v) is 9.95. The molecule has 0 atom stereocenters. The van der Waals surface area contributed by atoms with Gasteiger partial charge in [-0.3, -0.25) is 4.31 Å². The van der Waals surface area contributed by atoms with Gasteiger partial charge in [0.1, 0.15) is 0 Å². The molecular formula is C21H22N2O2S. The number of para-hydroxylation sites is 2. The Morgan fingerprint density at radius 3 is 2.00 bits per heavy atom. The summed E-state index contributed by atoms with van der Waals surface area (Å²) in [5, 5.41) is 3.27. The van der Waals surface area contributed by atoms with E-state index >= 15 is 0 Å². The molecule has 26 heavy (non-hydrogen) atoms. The van der Waals surface area contributed by atoms with Crippen LogP contribution in [0.2, 0.25) is 0 Å². The van der Waals surface area contributed by atoms with Crippen molar-refractivity contribution in [3.05, 3.63) is 90.5 Å². The summed E-state index contributed by atoms with van der Waals surface area (Å²) < 4.78 is 27.8. The zero-order valence-electron chi connectivity index (χ0n) is 14.7. The van der Waals surface area contributed by atoms with Crippen LogP contribution in [0.15, 0.2) is 89.8 Å². The number of nitrogens with zero attached hydrogens (tertiary/aromatic N) is 1. The lowest BCUT2D eigenvalue weighted by molar-refractivity contribution is 0.591. The Hall–Kier alpha value is -2.79. The number of aryl methyl sites for hydroxylation is 1. The molecule has 0 aliphatic carbocycles. The van der Waals surface area contributed by atoms with E-state index < -0.39 is 10.0 Å². The van der Waals surface area contributed by atoms with Crippen LogP contribution in [0.4, 0.5) is 11.4 Å². The number of anilines is 2. The molecule has 0 amide bonds. The largest absolute Gasteiger partial charge is 0.383 e. The summed E-state index contributed by atoms with van der Waals surface area (Å²) in [5.41, 5.74) is 2.65. The molecule has 0 heterocycles. The predicted molar refractivity (Wildman–Crippen MR) is 107 cm³/mol. The number of hydrogen-bond acceptors (Lipinski definition) is 3. The van der Waals surface area contributed by atoms with Crippen LogP contribution >= 0.6 is 0 Å². The average molecular weight is 366 g/mol. The van der Waals surface area contributed by atoms with Crippen LogP contribution < -0.4 is 9.62 Å². The van der Waals surface area contributed by atoms with Crippen LogP contribution in [0.3, 0.4) is 0 Å². The Balaban J connectivity index is 1.85. The van der Waals surface area contributed by atoms with E-state index in [1.54, 1.807) is 12.1 Å². The van der Waals surface area contributed by atoms with Crippen LogP contribution in [0.25, 0.3) is 0 Å². The Bertz CT molecular complexity index is 925. The summed E-state index contributed by atoms with van der Waals surface area (Å²) in [6.45, 7) is 2.77. The molecule has 0 aliphatic rings. The fraction of sp³-hybridized carbons (Fsp3) is 0.143. The van der Waals surface area contributed by atoms with Gasteiger partial charge < -0.3 is 5.32 Å². The number of hydrogen-bond donors (Lipinski definition) is 1. The Labute approximate surface area is 155 Å². The van der Waals surface area contributed by atoms with E-state index in [9.17, 15) is 8.42 Å². The molecule has 0 saturated heterocycles. The van der Waals surface area contributed by atoms with Crippen molar-refractivity contribution in [1.82, 2.24) is 0 Å². The van der Waals surface area contributed by atoms with Crippen molar-refractivity contribution in [1.29, 1.82) is 0 Å². The van der Waals surface area contributed by atoms with E-state index in [-0.39, 0.29) is 0 Å². The highest BCUT2D eigenvalue weighted by Crippen LogP contribution is 2.23. The molecule has 0 saturated carbocycles. The number of rotatable bonds is 7. The summed E-state index contributed by atoms with van der Waals surface area (Å²) in [6.07, 6.45) is 0. The second-order valence-corrected chi connectivity index (χ2v) is 7.88. The molecule has 0 unspecified atom stereocenters. The highest BCUT2D eigenvalue weighted by Gasteiger charge is 2.24. The molecule has 0 radical (unpaired) electrons. The maximum absolute atomic E-state index is 13.2. The van der Waals surface area contributed by atoms with Gasteiger partial charge in [-0.15, -0.1) is 0 Å². The SMILES string of the molecule is Cc1ccc(S(=O)(=O)N(CCNc2ccccc2)c2ccccc2)cc1. The quantitative estimate of drug-likeness (QED) is 0.678. The normalized spacial score (nSPS) is 11.1. The van der Waals surface area contributed by atoms with E-state index in [0.29, 0.717) is 23.7 Å². The monoisotopic (exact) mass is 366 g/mol. The topological polar surface area (TPSA) is 49.4 Å². The first-order valence-electron chi connectivity index (χ1n) is 8.51. The Kier molecular flexibility index (Phi) is 5.58. The minimum Gasteiger partial charge on any atom is -0.383 e. The summed E-state index contributed by atoms with van der Waals surface area (Å²) in [6, 6.07) is 25.9. The first-order chi connectivity index (χ1) is 12.6. The second kappa shape index (κ2) is 8.06. The average Bonchev–Trinajstić information content (AvgIpc) is 2.67. The van der Waals surface area contributed by atoms with Gasteiger partial charge in [0.25, 0.3) is 10.0 Å². The van der Waals surface area contributed by atoms with Crippen LogP contribution in [0, 0.1) is 6.92 Å². The van der Waals surface area contributed by atoms with E-state index in [4.69, 9.17) is 0 Å². The zero-order chi connectivity index (χ0) is 18.4. The predicted octanol–water partition coefficient (Wildman–Crippen LogP) is 4.30. The van der Waals surface area contributed by atoms with Gasteiger partial charge >= 0.3 is 0 Å². The van der Waals surface area contributed by atoms with Gasteiger partial charge in [-0.1, -0.05) is 54.1 Å². The van der Waals surface area contributed by atoms with Gasteiger partial charge in [0, 0.05) is 12.2 Å². The van der Waals surface area contributed by atoms with Gasteiger partial charge in [0.05, 0.1) is 17.1 Å². The summed E-state index contributed by atoms with van der Waals surface area (Å²) >= 11 is 0. The number of benzene rings is 3. The van der Waals surface area contributed by atoms with Gasteiger partial charge in [-0.25, -0.2) is 8.42 Å². The fourth-order valence-corrected chi connectivity index (χ4v) is 4.14. The Morgan fingerprint density at radius 1 is 0.808 bits per heavy atom. The van der Waals surface area contributed by atoms with Crippen LogP contribution in [0.5, 0.6) is 0 Å². The Morgan fingerprint density at radius 2 is 1.38 bits per heavy atom. The molecule has 0 fully saturated rings. The van der Waals surface area contributed by atoms with E-state index in [1.165, 1.54) is 4.31 Å². The summed E-state index contributed by atoms with van der Waals surface area (Å²) in [5.74, 6) is 0. The molecule has 0 aliphatic heterocycles. The lowest BCUT2D eigenvalue weighted by Crippen LogP contribution is -2.35. The molecule has 0 spiro atoms. The van der Waals surface area contributed by atoms with Crippen molar-refractivity contribution in [3.63, 3.8) is 0 Å².